The first-order valence-electron chi connectivity index (χ1n) is 6.61. The van der Waals surface area contributed by atoms with Gasteiger partial charge >= 0.3 is 0 Å². The van der Waals surface area contributed by atoms with Gasteiger partial charge in [-0.1, -0.05) is 63.6 Å². The summed E-state index contributed by atoms with van der Waals surface area (Å²) >= 11 is 3.38. The van der Waals surface area contributed by atoms with E-state index in [1.165, 1.54) is 0 Å². The first-order valence-corrected chi connectivity index (χ1v) is 7.41. The van der Waals surface area contributed by atoms with Crippen molar-refractivity contribution in [1.29, 1.82) is 0 Å². The molecule has 2 aromatic carbocycles. The number of benzene rings is 2. The molecule has 0 aliphatic rings. The Hall–Kier alpha value is -1.98. The number of aliphatic hydroxyl groups excluding tert-OH is 1. The van der Waals surface area contributed by atoms with E-state index in [0.717, 1.165) is 21.3 Å². The van der Waals surface area contributed by atoms with Gasteiger partial charge < -0.3 is 5.11 Å². The van der Waals surface area contributed by atoms with Crippen LogP contribution in [0.25, 0.3) is 11.3 Å². The Morgan fingerprint density at radius 3 is 2.48 bits per heavy atom. The molecule has 1 N–H and O–H groups in total. The fourth-order valence-electron chi connectivity index (χ4n) is 2.10. The van der Waals surface area contributed by atoms with Crippen LogP contribution in [0.3, 0.4) is 0 Å². The Labute approximate surface area is 131 Å². The number of rotatable bonds is 4. The van der Waals surface area contributed by atoms with Gasteiger partial charge in [-0.25, -0.2) is 4.68 Å². The quantitative estimate of drug-likeness (QED) is 0.789. The van der Waals surface area contributed by atoms with Crippen molar-refractivity contribution in [1.82, 2.24) is 15.0 Å². The van der Waals surface area contributed by atoms with Crippen molar-refractivity contribution >= 4 is 15.9 Å². The molecule has 0 amide bonds. The van der Waals surface area contributed by atoms with E-state index in [1.807, 2.05) is 60.8 Å². The highest BCUT2D eigenvalue weighted by molar-refractivity contribution is 9.10. The van der Waals surface area contributed by atoms with Crippen molar-refractivity contribution < 1.29 is 5.11 Å². The van der Waals surface area contributed by atoms with E-state index in [4.69, 9.17) is 0 Å². The van der Waals surface area contributed by atoms with E-state index >= 15 is 0 Å². The van der Waals surface area contributed by atoms with Crippen LogP contribution in [0.4, 0.5) is 0 Å². The van der Waals surface area contributed by atoms with Crippen LogP contribution < -0.4 is 0 Å². The Kier molecular flexibility index (Phi) is 4.13. The van der Waals surface area contributed by atoms with Gasteiger partial charge in [0.15, 0.2) is 0 Å². The Morgan fingerprint density at radius 1 is 1.05 bits per heavy atom. The van der Waals surface area contributed by atoms with Crippen molar-refractivity contribution in [3.05, 3.63) is 70.8 Å². The van der Waals surface area contributed by atoms with Crippen molar-refractivity contribution in [3.63, 3.8) is 0 Å². The largest absolute Gasteiger partial charge is 0.386 e. The smallest absolute Gasteiger partial charge is 0.113 e. The number of aromatic nitrogens is 3. The summed E-state index contributed by atoms with van der Waals surface area (Å²) in [6.07, 6.45) is 1.24. The average molecular weight is 344 g/mol. The molecule has 0 aliphatic heterocycles. The summed E-state index contributed by atoms with van der Waals surface area (Å²) in [4.78, 5) is 0. The lowest BCUT2D eigenvalue weighted by atomic mass is 10.1. The standard InChI is InChI=1S/C16H14BrN3O/c17-14-8-6-13(7-9-14)16(21)11-20-10-15(18-19-20)12-4-2-1-3-5-12/h1-10,16,21H,11H2/t16-/m1/s1. The third-order valence-electron chi connectivity index (χ3n) is 3.22. The maximum Gasteiger partial charge on any atom is 0.113 e. The van der Waals surface area contributed by atoms with Gasteiger partial charge in [0.1, 0.15) is 5.69 Å². The molecule has 0 aliphatic carbocycles. The molecule has 0 bridgehead atoms. The van der Waals surface area contributed by atoms with Gasteiger partial charge in [-0.2, -0.15) is 0 Å². The third-order valence-corrected chi connectivity index (χ3v) is 3.75. The first kappa shape index (κ1) is 14.0. The predicted molar refractivity (Wildman–Crippen MR) is 84.6 cm³/mol. The van der Waals surface area contributed by atoms with Crippen LogP contribution in [0.2, 0.25) is 0 Å². The third kappa shape index (κ3) is 3.37. The zero-order chi connectivity index (χ0) is 14.7. The maximum atomic E-state index is 10.2. The van der Waals surface area contributed by atoms with Crippen molar-refractivity contribution in [2.75, 3.05) is 0 Å². The lowest BCUT2D eigenvalue weighted by Gasteiger charge is -2.10. The van der Waals surface area contributed by atoms with Gasteiger partial charge in [-0.15, -0.1) is 5.10 Å². The zero-order valence-electron chi connectivity index (χ0n) is 11.2. The Balaban J connectivity index is 1.74. The fourth-order valence-corrected chi connectivity index (χ4v) is 2.36. The summed E-state index contributed by atoms with van der Waals surface area (Å²) in [7, 11) is 0. The molecular formula is C16H14BrN3O. The summed E-state index contributed by atoms with van der Waals surface area (Å²) < 4.78 is 2.65. The van der Waals surface area contributed by atoms with Crippen LogP contribution in [0, 0.1) is 0 Å². The number of nitrogens with zero attached hydrogens (tertiary/aromatic N) is 3. The van der Waals surface area contributed by atoms with Gasteiger partial charge in [0.25, 0.3) is 0 Å². The fraction of sp³-hybridized carbons (Fsp3) is 0.125. The van der Waals surface area contributed by atoms with Gasteiger partial charge in [0.2, 0.25) is 0 Å². The Bertz CT molecular complexity index is 710. The van der Waals surface area contributed by atoms with Crippen LogP contribution in [0.5, 0.6) is 0 Å². The molecule has 4 nitrogen and oxygen atoms in total. The van der Waals surface area contributed by atoms with Crippen molar-refractivity contribution in [2.24, 2.45) is 0 Å². The molecule has 0 unspecified atom stereocenters. The first-order chi connectivity index (χ1) is 10.2. The van der Waals surface area contributed by atoms with E-state index in [9.17, 15) is 5.11 Å². The SMILES string of the molecule is O[C@H](Cn1cc(-c2ccccc2)nn1)c1ccc(Br)cc1. The number of hydrogen-bond acceptors (Lipinski definition) is 3. The molecule has 3 aromatic rings. The van der Waals surface area contributed by atoms with E-state index < -0.39 is 6.10 Å². The second-order valence-corrected chi connectivity index (χ2v) is 5.67. The molecule has 1 aromatic heterocycles. The molecule has 0 radical (unpaired) electrons. The van der Waals surface area contributed by atoms with E-state index in [-0.39, 0.29) is 0 Å². The molecule has 106 valence electrons. The van der Waals surface area contributed by atoms with Crippen LogP contribution in [0.15, 0.2) is 65.3 Å². The lowest BCUT2D eigenvalue weighted by Crippen LogP contribution is -2.09. The number of aliphatic hydroxyl groups is 1. The molecule has 0 saturated carbocycles. The zero-order valence-corrected chi connectivity index (χ0v) is 12.8. The number of hydrogen-bond donors (Lipinski definition) is 1. The van der Waals surface area contributed by atoms with E-state index in [2.05, 4.69) is 26.2 Å². The van der Waals surface area contributed by atoms with Gasteiger partial charge in [-0.05, 0) is 17.7 Å². The predicted octanol–water partition coefficient (Wildman–Crippen LogP) is 3.44. The normalized spacial score (nSPS) is 12.3. The summed E-state index contributed by atoms with van der Waals surface area (Å²) in [5, 5.41) is 18.5. The highest BCUT2D eigenvalue weighted by atomic mass is 79.9. The van der Waals surface area contributed by atoms with Crippen molar-refractivity contribution in [3.8, 4) is 11.3 Å². The van der Waals surface area contributed by atoms with Crippen LogP contribution >= 0.6 is 15.9 Å². The van der Waals surface area contributed by atoms with Crippen molar-refractivity contribution in [2.45, 2.75) is 12.6 Å². The minimum absolute atomic E-state index is 0.376. The Morgan fingerprint density at radius 2 is 1.76 bits per heavy atom. The van der Waals surface area contributed by atoms with Gasteiger partial charge in [-0.3, -0.25) is 0 Å². The second-order valence-electron chi connectivity index (χ2n) is 4.76. The highest BCUT2D eigenvalue weighted by Crippen LogP contribution is 2.19. The van der Waals surface area contributed by atoms with Crippen LogP contribution in [-0.2, 0) is 6.54 Å². The molecule has 1 atom stereocenters. The lowest BCUT2D eigenvalue weighted by molar-refractivity contribution is 0.150. The second kappa shape index (κ2) is 6.20. The molecule has 21 heavy (non-hydrogen) atoms. The van der Waals surface area contributed by atoms with E-state index in [1.54, 1.807) is 4.68 Å². The molecule has 1 heterocycles. The highest BCUT2D eigenvalue weighted by Gasteiger charge is 2.10. The molecule has 5 heteroatoms. The number of halogens is 1. The summed E-state index contributed by atoms with van der Waals surface area (Å²) in [6, 6.07) is 17.5. The van der Waals surface area contributed by atoms with Gasteiger partial charge in [0.05, 0.1) is 18.8 Å². The summed E-state index contributed by atoms with van der Waals surface area (Å²) in [5.74, 6) is 0. The molecule has 0 saturated heterocycles. The molecule has 0 fully saturated rings. The minimum atomic E-state index is -0.608. The molecule has 3 rings (SSSR count). The maximum absolute atomic E-state index is 10.2. The topological polar surface area (TPSA) is 50.9 Å². The summed E-state index contributed by atoms with van der Waals surface area (Å²) in [6.45, 7) is 0.376. The summed E-state index contributed by atoms with van der Waals surface area (Å²) in [5.41, 5.74) is 2.68. The van der Waals surface area contributed by atoms with Crippen LogP contribution in [-0.4, -0.2) is 20.1 Å². The average Bonchev–Trinajstić information content (AvgIpc) is 2.97. The monoisotopic (exact) mass is 343 g/mol. The molecular weight excluding hydrogens is 330 g/mol. The van der Waals surface area contributed by atoms with Crippen LogP contribution in [0.1, 0.15) is 11.7 Å². The molecule has 0 spiro atoms. The van der Waals surface area contributed by atoms with E-state index in [0.29, 0.717) is 6.54 Å². The minimum Gasteiger partial charge on any atom is -0.386 e. The van der Waals surface area contributed by atoms with Gasteiger partial charge in [0, 0.05) is 10.0 Å².